The molecule has 0 spiro atoms. The molecule has 1 fully saturated rings. The van der Waals surface area contributed by atoms with Crippen LogP contribution in [0.25, 0.3) is 0 Å². The Morgan fingerprint density at radius 3 is 2.19 bits per heavy atom. The van der Waals surface area contributed by atoms with Crippen molar-refractivity contribution >= 4 is 11.6 Å². The lowest BCUT2D eigenvalue weighted by Crippen LogP contribution is -2.54. The Balaban J connectivity index is 1.98. The molecule has 0 bridgehead atoms. The standard InChI is InChI=1S/C19H17NO/c1-2-3-14-17-18(15-10-6-4-7-11-15)20(19(17)21)16-12-8-5-9-13-16/h2-14,17-18H,1H2/b14-3+/t17-,18-/m1/s1. The number of amides is 1. The molecule has 1 heterocycles. The van der Waals surface area contributed by atoms with Crippen LogP contribution in [0.4, 0.5) is 5.69 Å². The minimum Gasteiger partial charge on any atom is -0.303 e. The summed E-state index contributed by atoms with van der Waals surface area (Å²) in [5.41, 5.74) is 2.10. The molecule has 1 aliphatic heterocycles. The molecule has 1 aliphatic rings. The first-order valence-corrected chi connectivity index (χ1v) is 7.05. The fraction of sp³-hybridized carbons (Fsp3) is 0.105. The number of hydrogen-bond acceptors (Lipinski definition) is 1. The first kappa shape index (κ1) is 13.4. The number of anilines is 1. The van der Waals surface area contributed by atoms with Gasteiger partial charge in [0.05, 0.1) is 12.0 Å². The van der Waals surface area contributed by atoms with Crippen molar-refractivity contribution in [3.63, 3.8) is 0 Å². The number of rotatable bonds is 4. The van der Waals surface area contributed by atoms with Gasteiger partial charge in [0.2, 0.25) is 5.91 Å². The number of nitrogens with zero attached hydrogens (tertiary/aromatic N) is 1. The highest BCUT2D eigenvalue weighted by Gasteiger charge is 2.47. The Morgan fingerprint density at radius 1 is 0.952 bits per heavy atom. The largest absolute Gasteiger partial charge is 0.303 e. The number of allylic oxidation sites excluding steroid dienone is 2. The van der Waals surface area contributed by atoms with Gasteiger partial charge in [-0.05, 0) is 17.7 Å². The van der Waals surface area contributed by atoms with Gasteiger partial charge in [-0.15, -0.1) is 0 Å². The van der Waals surface area contributed by atoms with Crippen LogP contribution >= 0.6 is 0 Å². The first-order valence-electron chi connectivity index (χ1n) is 7.05. The fourth-order valence-corrected chi connectivity index (χ4v) is 2.78. The number of benzene rings is 2. The summed E-state index contributed by atoms with van der Waals surface area (Å²) >= 11 is 0. The molecule has 0 N–H and O–H groups in total. The Labute approximate surface area is 125 Å². The number of β-lactam (4-membered cyclic amide) rings is 1. The molecule has 104 valence electrons. The van der Waals surface area contributed by atoms with Crippen LogP contribution in [0.1, 0.15) is 11.6 Å². The molecule has 21 heavy (non-hydrogen) atoms. The molecule has 1 amide bonds. The molecule has 2 atom stereocenters. The molecule has 0 aliphatic carbocycles. The minimum atomic E-state index is -0.120. The van der Waals surface area contributed by atoms with Gasteiger partial charge in [0, 0.05) is 5.69 Å². The predicted octanol–water partition coefficient (Wildman–Crippen LogP) is 4.13. The second-order valence-corrected chi connectivity index (χ2v) is 5.05. The fourth-order valence-electron chi connectivity index (χ4n) is 2.78. The number of carbonyl (C=O) groups excluding carboxylic acids is 1. The molecule has 0 aromatic heterocycles. The van der Waals surface area contributed by atoms with Gasteiger partial charge in [-0.25, -0.2) is 0 Å². The third-order valence-corrected chi connectivity index (χ3v) is 3.77. The maximum Gasteiger partial charge on any atom is 0.236 e. The lowest BCUT2D eigenvalue weighted by atomic mass is 9.81. The highest BCUT2D eigenvalue weighted by atomic mass is 16.2. The van der Waals surface area contributed by atoms with E-state index < -0.39 is 0 Å². The van der Waals surface area contributed by atoms with E-state index in [-0.39, 0.29) is 17.9 Å². The maximum atomic E-state index is 12.5. The van der Waals surface area contributed by atoms with E-state index >= 15 is 0 Å². The van der Waals surface area contributed by atoms with Crippen molar-refractivity contribution in [2.45, 2.75) is 6.04 Å². The lowest BCUT2D eigenvalue weighted by Gasteiger charge is -2.46. The summed E-state index contributed by atoms with van der Waals surface area (Å²) in [7, 11) is 0. The summed E-state index contributed by atoms with van der Waals surface area (Å²) in [5, 5.41) is 0. The first-order chi connectivity index (χ1) is 10.3. The molecular weight excluding hydrogens is 258 g/mol. The average Bonchev–Trinajstić information content (AvgIpc) is 2.54. The monoisotopic (exact) mass is 275 g/mol. The molecule has 2 aromatic carbocycles. The quantitative estimate of drug-likeness (QED) is 0.607. The van der Waals surface area contributed by atoms with Gasteiger partial charge in [-0.2, -0.15) is 0 Å². The summed E-state index contributed by atoms with van der Waals surface area (Å²) in [4.78, 5) is 14.4. The highest BCUT2D eigenvalue weighted by Crippen LogP contribution is 2.43. The summed E-state index contributed by atoms with van der Waals surface area (Å²) in [6.45, 7) is 3.68. The molecule has 0 radical (unpaired) electrons. The van der Waals surface area contributed by atoms with Gasteiger partial charge in [-0.1, -0.05) is 73.3 Å². The summed E-state index contributed by atoms with van der Waals surface area (Å²) in [6.07, 6.45) is 5.49. The van der Waals surface area contributed by atoms with Gasteiger partial charge in [-0.3, -0.25) is 4.79 Å². The Hall–Kier alpha value is -2.61. The summed E-state index contributed by atoms with van der Waals surface area (Å²) in [5.74, 6) is 0.0127. The normalized spacial score (nSPS) is 21.3. The van der Waals surface area contributed by atoms with Crippen LogP contribution in [-0.4, -0.2) is 5.91 Å². The van der Waals surface area contributed by atoms with Crippen molar-refractivity contribution in [3.05, 3.63) is 91.0 Å². The van der Waals surface area contributed by atoms with Crippen LogP contribution in [-0.2, 0) is 4.79 Å². The van der Waals surface area contributed by atoms with Crippen molar-refractivity contribution in [3.8, 4) is 0 Å². The molecule has 2 heteroatoms. The van der Waals surface area contributed by atoms with Crippen molar-refractivity contribution in [1.82, 2.24) is 0 Å². The zero-order valence-corrected chi connectivity index (χ0v) is 11.7. The van der Waals surface area contributed by atoms with E-state index in [1.165, 1.54) is 0 Å². The second-order valence-electron chi connectivity index (χ2n) is 5.05. The van der Waals surface area contributed by atoms with E-state index in [1.54, 1.807) is 6.08 Å². The molecule has 1 saturated heterocycles. The van der Waals surface area contributed by atoms with E-state index in [9.17, 15) is 4.79 Å². The summed E-state index contributed by atoms with van der Waals surface area (Å²) in [6, 6.07) is 20.0. The van der Waals surface area contributed by atoms with Gasteiger partial charge in [0.1, 0.15) is 0 Å². The van der Waals surface area contributed by atoms with Crippen LogP contribution < -0.4 is 4.90 Å². The SMILES string of the molecule is C=C/C=C/[C@H]1C(=O)N(c2ccccc2)[C@@H]1c1ccccc1. The van der Waals surface area contributed by atoms with E-state index in [2.05, 4.69) is 18.7 Å². The molecule has 2 aromatic rings. The maximum absolute atomic E-state index is 12.5. The third-order valence-electron chi connectivity index (χ3n) is 3.77. The molecule has 3 rings (SSSR count). The van der Waals surface area contributed by atoms with Crippen LogP contribution in [0.5, 0.6) is 0 Å². The average molecular weight is 275 g/mol. The summed E-state index contributed by atoms with van der Waals surface area (Å²) < 4.78 is 0. The smallest absolute Gasteiger partial charge is 0.236 e. The van der Waals surface area contributed by atoms with E-state index in [0.717, 1.165) is 11.3 Å². The van der Waals surface area contributed by atoms with Crippen molar-refractivity contribution in [1.29, 1.82) is 0 Å². The van der Waals surface area contributed by atoms with E-state index in [0.29, 0.717) is 0 Å². The Kier molecular flexibility index (Phi) is 3.69. The molecule has 2 nitrogen and oxygen atoms in total. The lowest BCUT2D eigenvalue weighted by molar-refractivity contribution is -0.128. The minimum absolute atomic E-state index is 0.0531. The van der Waals surface area contributed by atoms with E-state index in [1.807, 2.05) is 65.6 Å². The van der Waals surface area contributed by atoms with Gasteiger partial charge < -0.3 is 4.90 Å². The van der Waals surface area contributed by atoms with Crippen molar-refractivity contribution in [2.75, 3.05) is 4.90 Å². The van der Waals surface area contributed by atoms with Gasteiger partial charge >= 0.3 is 0 Å². The number of para-hydroxylation sites is 1. The second kappa shape index (κ2) is 5.80. The molecule has 0 unspecified atom stereocenters. The number of carbonyl (C=O) groups is 1. The Morgan fingerprint density at radius 2 is 1.57 bits per heavy atom. The van der Waals surface area contributed by atoms with Crippen LogP contribution in [0.2, 0.25) is 0 Å². The van der Waals surface area contributed by atoms with Crippen LogP contribution in [0.15, 0.2) is 85.5 Å². The van der Waals surface area contributed by atoms with Gasteiger partial charge in [0.15, 0.2) is 0 Å². The topological polar surface area (TPSA) is 20.3 Å². The number of hydrogen-bond donors (Lipinski definition) is 0. The van der Waals surface area contributed by atoms with E-state index in [4.69, 9.17) is 0 Å². The molecular formula is C19H17NO. The zero-order valence-electron chi connectivity index (χ0n) is 11.7. The zero-order chi connectivity index (χ0) is 14.7. The third kappa shape index (κ3) is 2.40. The highest BCUT2D eigenvalue weighted by molar-refractivity contribution is 6.04. The van der Waals surface area contributed by atoms with Crippen molar-refractivity contribution in [2.24, 2.45) is 5.92 Å². The van der Waals surface area contributed by atoms with Crippen LogP contribution in [0.3, 0.4) is 0 Å². The Bertz CT molecular complexity index is 660. The van der Waals surface area contributed by atoms with Crippen LogP contribution in [0, 0.1) is 5.92 Å². The predicted molar refractivity (Wildman–Crippen MR) is 85.9 cm³/mol. The van der Waals surface area contributed by atoms with Crippen molar-refractivity contribution < 1.29 is 4.79 Å². The molecule has 0 saturated carbocycles. The van der Waals surface area contributed by atoms with Gasteiger partial charge in [0.25, 0.3) is 0 Å².